The summed E-state index contributed by atoms with van der Waals surface area (Å²) in [6.07, 6.45) is 4.29. The van der Waals surface area contributed by atoms with Crippen molar-refractivity contribution in [2.45, 2.75) is 37.8 Å². The average molecular weight is 263 g/mol. The molecule has 0 radical (unpaired) electrons. The molecule has 19 heavy (non-hydrogen) atoms. The number of rotatable bonds is 4. The first-order chi connectivity index (χ1) is 9.24. The molecule has 0 bridgehead atoms. The molecule has 0 spiro atoms. The zero-order valence-electron chi connectivity index (χ0n) is 10.8. The second-order valence-electron chi connectivity index (χ2n) is 5.40. The Labute approximate surface area is 112 Å². The third-order valence-corrected chi connectivity index (χ3v) is 4.17. The lowest BCUT2D eigenvalue weighted by Crippen LogP contribution is -2.41. The molecule has 4 heteroatoms. The highest BCUT2D eigenvalue weighted by atomic mass is 19.1. The Kier molecular flexibility index (Phi) is 3.51. The number of ether oxygens (including phenoxy) is 1. The van der Waals surface area contributed by atoms with Gasteiger partial charge < -0.3 is 4.74 Å². The maximum Gasteiger partial charge on any atom is 0.323 e. The van der Waals surface area contributed by atoms with E-state index in [1.165, 1.54) is 18.6 Å². The van der Waals surface area contributed by atoms with Crippen molar-refractivity contribution in [2.24, 2.45) is 5.92 Å². The van der Waals surface area contributed by atoms with Crippen molar-refractivity contribution in [3.63, 3.8) is 0 Å². The van der Waals surface area contributed by atoms with E-state index in [1.807, 2.05) is 12.1 Å². The number of carbonyl (C=O) groups is 1. The second-order valence-corrected chi connectivity index (χ2v) is 5.40. The zero-order valence-corrected chi connectivity index (χ0v) is 10.8. The summed E-state index contributed by atoms with van der Waals surface area (Å²) in [7, 11) is 0. The largest absolute Gasteiger partial charge is 0.464 e. The summed E-state index contributed by atoms with van der Waals surface area (Å²) >= 11 is 0. The molecule has 2 fully saturated rings. The van der Waals surface area contributed by atoms with E-state index in [0.29, 0.717) is 12.5 Å². The fourth-order valence-electron chi connectivity index (χ4n) is 2.81. The first-order valence-corrected chi connectivity index (χ1v) is 6.92. The van der Waals surface area contributed by atoms with Gasteiger partial charge in [-0.05, 0) is 36.5 Å². The summed E-state index contributed by atoms with van der Waals surface area (Å²) in [5, 5.41) is 3.41. The summed E-state index contributed by atoms with van der Waals surface area (Å²) in [5.74, 6) is 0.154. The molecule has 1 aliphatic carbocycles. The van der Waals surface area contributed by atoms with E-state index in [1.54, 1.807) is 0 Å². The van der Waals surface area contributed by atoms with Crippen LogP contribution in [0.5, 0.6) is 0 Å². The van der Waals surface area contributed by atoms with Crippen molar-refractivity contribution >= 4 is 5.97 Å². The van der Waals surface area contributed by atoms with E-state index >= 15 is 0 Å². The minimum absolute atomic E-state index is 0.130. The number of nitrogens with one attached hydrogen (secondary N) is 1. The van der Waals surface area contributed by atoms with Crippen LogP contribution in [0.25, 0.3) is 0 Å². The summed E-state index contributed by atoms with van der Waals surface area (Å²) in [4.78, 5) is 11.6. The molecule has 2 unspecified atom stereocenters. The minimum atomic E-state index is -0.226. The van der Waals surface area contributed by atoms with Crippen LogP contribution in [0.2, 0.25) is 0 Å². The van der Waals surface area contributed by atoms with E-state index in [-0.39, 0.29) is 23.9 Å². The van der Waals surface area contributed by atoms with E-state index in [2.05, 4.69) is 5.32 Å². The van der Waals surface area contributed by atoms with Crippen LogP contribution in [0.15, 0.2) is 24.3 Å². The van der Waals surface area contributed by atoms with Gasteiger partial charge in [-0.25, -0.2) is 4.39 Å². The smallest absolute Gasteiger partial charge is 0.323 e. The van der Waals surface area contributed by atoms with E-state index < -0.39 is 0 Å². The number of carbonyl (C=O) groups excluding carboxylic acids is 1. The Morgan fingerprint density at radius 1 is 1.21 bits per heavy atom. The lowest BCUT2D eigenvalue weighted by atomic mass is 9.77. The molecular formula is C15H18FNO2. The van der Waals surface area contributed by atoms with Gasteiger partial charge in [0, 0.05) is 12.5 Å². The van der Waals surface area contributed by atoms with Crippen molar-refractivity contribution in [2.75, 3.05) is 6.61 Å². The van der Waals surface area contributed by atoms with Crippen LogP contribution in [0.4, 0.5) is 4.39 Å². The van der Waals surface area contributed by atoms with Gasteiger partial charge in [-0.1, -0.05) is 18.6 Å². The molecule has 1 heterocycles. The standard InChI is InChI=1S/C15H18FNO2/c16-12-6-4-11(5-7-12)14(10-2-1-3-10)17-13-8-9-19-15(13)18/h4-7,10,13-14,17H,1-3,8-9H2. The Bertz CT molecular complexity index is 456. The molecule has 1 saturated carbocycles. The van der Waals surface area contributed by atoms with Crippen molar-refractivity contribution in [3.8, 4) is 0 Å². The Balaban J connectivity index is 1.77. The molecule has 1 aliphatic heterocycles. The molecular weight excluding hydrogens is 245 g/mol. The summed E-state index contributed by atoms with van der Waals surface area (Å²) < 4.78 is 18.0. The summed E-state index contributed by atoms with van der Waals surface area (Å²) in [5.41, 5.74) is 1.06. The van der Waals surface area contributed by atoms with Gasteiger partial charge in [0.25, 0.3) is 0 Å². The molecule has 1 aromatic rings. The van der Waals surface area contributed by atoms with E-state index in [0.717, 1.165) is 24.8 Å². The van der Waals surface area contributed by atoms with Crippen molar-refractivity contribution in [3.05, 3.63) is 35.6 Å². The van der Waals surface area contributed by atoms with Crippen molar-refractivity contribution < 1.29 is 13.9 Å². The highest BCUT2D eigenvalue weighted by Gasteiger charge is 2.34. The quantitative estimate of drug-likeness (QED) is 0.848. The first kappa shape index (κ1) is 12.6. The Morgan fingerprint density at radius 2 is 1.95 bits per heavy atom. The zero-order chi connectivity index (χ0) is 13.2. The van der Waals surface area contributed by atoms with Crippen molar-refractivity contribution in [1.82, 2.24) is 5.32 Å². The number of hydrogen-bond donors (Lipinski definition) is 1. The van der Waals surface area contributed by atoms with Gasteiger partial charge >= 0.3 is 5.97 Å². The van der Waals surface area contributed by atoms with Gasteiger partial charge in [-0.15, -0.1) is 0 Å². The summed E-state index contributed by atoms with van der Waals surface area (Å²) in [6, 6.07) is 6.50. The normalized spacial score (nSPS) is 24.9. The topological polar surface area (TPSA) is 38.3 Å². The molecule has 102 valence electrons. The molecule has 2 aliphatic rings. The third-order valence-electron chi connectivity index (χ3n) is 4.17. The molecule has 1 saturated heterocycles. The van der Waals surface area contributed by atoms with Crippen LogP contribution < -0.4 is 5.32 Å². The number of hydrogen-bond acceptors (Lipinski definition) is 3. The van der Waals surface area contributed by atoms with Gasteiger partial charge in [0.05, 0.1) is 6.61 Å². The molecule has 0 amide bonds. The van der Waals surface area contributed by atoms with Gasteiger partial charge in [0.2, 0.25) is 0 Å². The van der Waals surface area contributed by atoms with Gasteiger partial charge in [0.1, 0.15) is 11.9 Å². The fraction of sp³-hybridized carbons (Fsp3) is 0.533. The monoisotopic (exact) mass is 263 g/mol. The fourth-order valence-corrected chi connectivity index (χ4v) is 2.81. The highest BCUT2D eigenvalue weighted by molar-refractivity contribution is 5.77. The Hall–Kier alpha value is -1.42. The minimum Gasteiger partial charge on any atom is -0.464 e. The predicted octanol–water partition coefficient (Wildman–Crippen LogP) is 2.57. The highest BCUT2D eigenvalue weighted by Crippen LogP contribution is 2.38. The van der Waals surface area contributed by atoms with E-state index in [9.17, 15) is 9.18 Å². The predicted molar refractivity (Wildman–Crippen MR) is 69.0 cm³/mol. The van der Waals surface area contributed by atoms with Gasteiger partial charge in [-0.3, -0.25) is 10.1 Å². The van der Waals surface area contributed by atoms with Crippen LogP contribution in [0.3, 0.4) is 0 Å². The van der Waals surface area contributed by atoms with Crippen molar-refractivity contribution in [1.29, 1.82) is 0 Å². The molecule has 1 N–H and O–H groups in total. The van der Waals surface area contributed by atoms with Gasteiger partial charge in [-0.2, -0.15) is 0 Å². The SMILES string of the molecule is O=C1OCCC1NC(c1ccc(F)cc1)C1CCC1. The van der Waals surface area contributed by atoms with E-state index in [4.69, 9.17) is 4.74 Å². The maximum absolute atomic E-state index is 13.0. The maximum atomic E-state index is 13.0. The number of cyclic esters (lactones) is 1. The third kappa shape index (κ3) is 2.63. The average Bonchev–Trinajstić information content (AvgIpc) is 2.73. The molecule has 2 atom stereocenters. The molecule has 3 nitrogen and oxygen atoms in total. The van der Waals surface area contributed by atoms with Crippen LogP contribution in [0.1, 0.15) is 37.3 Å². The van der Waals surface area contributed by atoms with Gasteiger partial charge in [0.15, 0.2) is 0 Å². The van der Waals surface area contributed by atoms with Crippen LogP contribution in [-0.2, 0) is 9.53 Å². The second kappa shape index (κ2) is 5.29. The number of halogens is 1. The molecule has 1 aromatic carbocycles. The molecule has 0 aromatic heterocycles. The van der Waals surface area contributed by atoms with Crippen LogP contribution in [-0.4, -0.2) is 18.6 Å². The number of esters is 1. The van der Waals surface area contributed by atoms with Crippen LogP contribution in [0, 0.1) is 11.7 Å². The lowest BCUT2D eigenvalue weighted by molar-refractivity contribution is -0.140. The summed E-state index contributed by atoms with van der Waals surface area (Å²) in [6.45, 7) is 0.497. The lowest BCUT2D eigenvalue weighted by Gasteiger charge is -2.35. The first-order valence-electron chi connectivity index (χ1n) is 6.92. The number of benzene rings is 1. The van der Waals surface area contributed by atoms with Crippen LogP contribution >= 0.6 is 0 Å². The molecule has 3 rings (SSSR count). The Morgan fingerprint density at radius 3 is 2.47 bits per heavy atom.